The third kappa shape index (κ3) is 6.70. The molecule has 0 aromatic heterocycles. The Bertz CT molecular complexity index is 2460. The normalized spacial score (nSPS) is 15.1. The zero-order valence-corrected chi connectivity index (χ0v) is 32.6. The number of fused-ring (bicyclic) bond motifs is 4. The number of nitriles is 2. The van der Waals surface area contributed by atoms with Crippen LogP contribution in [-0.2, 0) is 16.2 Å². The number of hydrogen-bond donors (Lipinski definition) is 0. The average molecular weight is 747 g/mol. The molecule has 0 radical (unpaired) electrons. The van der Waals surface area contributed by atoms with Crippen LogP contribution in [0.25, 0.3) is 12.2 Å². The van der Waals surface area contributed by atoms with E-state index in [0.717, 1.165) is 24.0 Å². The molecule has 2 aliphatic rings. The lowest BCUT2D eigenvalue weighted by molar-refractivity contribution is 0.349. The number of benzene rings is 6. The lowest BCUT2D eigenvalue weighted by Crippen LogP contribution is -2.27. The van der Waals surface area contributed by atoms with Crippen molar-refractivity contribution in [3.8, 4) is 58.1 Å². The highest BCUT2D eigenvalue weighted by atomic mass is 16.5. The van der Waals surface area contributed by atoms with Gasteiger partial charge in [-0.05, 0) is 130 Å². The molecule has 57 heavy (non-hydrogen) atoms. The average Bonchev–Trinajstić information content (AvgIpc) is 3.57. The Labute approximate surface area is 334 Å². The van der Waals surface area contributed by atoms with Crippen molar-refractivity contribution in [2.24, 2.45) is 0 Å². The van der Waals surface area contributed by atoms with E-state index in [1.165, 1.54) is 22.3 Å². The van der Waals surface area contributed by atoms with Gasteiger partial charge in [0.25, 0.3) is 0 Å². The van der Waals surface area contributed by atoms with E-state index in [1.54, 1.807) is 36.4 Å². The lowest BCUT2D eigenvalue weighted by Gasteiger charge is -2.30. The molecule has 0 unspecified atom stereocenters. The van der Waals surface area contributed by atoms with Crippen LogP contribution in [0.5, 0.6) is 46.0 Å². The van der Waals surface area contributed by atoms with Gasteiger partial charge in [0.1, 0.15) is 69.3 Å². The van der Waals surface area contributed by atoms with Crippen LogP contribution in [0.2, 0.25) is 0 Å². The molecule has 0 heterocycles. The fourth-order valence-corrected chi connectivity index (χ4v) is 8.87. The molecule has 8 rings (SSSR count). The first-order valence-electron chi connectivity index (χ1n) is 19.0. The highest BCUT2D eigenvalue weighted by molar-refractivity contribution is 5.64. The van der Waals surface area contributed by atoms with Gasteiger partial charge in [0.05, 0.1) is 0 Å². The molecule has 2 aliphatic carbocycles. The molecular formula is C51H42N2O4. The molecule has 0 N–H and O–H groups in total. The van der Waals surface area contributed by atoms with Gasteiger partial charge in [0.2, 0.25) is 0 Å². The Morgan fingerprint density at radius 1 is 0.474 bits per heavy atom. The molecule has 1 spiro atoms. The second-order valence-corrected chi connectivity index (χ2v) is 16.1. The monoisotopic (exact) mass is 746 g/mol. The molecule has 0 aliphatic heterocycles. The van der Waals surface area contributed by atoms with Crippen LogP contribution in [0.4, 0.5) is 0 Å². The molecule has 0 amide bonds. The second kappa shape index (κ2) is 14.2. The van der Waals surface area contributed by atoms with E-state index in [4.69, 9.17) is 18.9 Å². The lowest BCUT2D eigenvalue weighted by atomic mass is 9.72. The molecule has 6 heteroatoms. The van der Waals surface area contributed by atoms with Gasteiger partial charge >= 0.3 is 0 Å². The molecule has 0 bridgehead atoms. The first-order chi connectivity index (χ1) is 27.5. The largest absolute Gasteiger partial charge is 0.456 e. The summed E-state index contributed by atoms with van der Waals surface area (Å²) in [6.07, 6.45) is 5.33. The highest BCUT2D eigenvalue weighted by Gasteiger charge is 2.56. The maximum absolute atomic E-state index is 10.3. The summed E-state index contributed by atoms with van der Waals surface area (Å²) in [4.78, 5) is 0. The third-order valence-electron chi connectivity index (χ3n) is 11.3. The molecule has 0 atom stereocenters. The van der Waals surface area contributed by atoms with Crippen molar-refractivity contribution in [1.82, 2.24) is 0 Å². The van der Waals surface area contributed by atoms with Crippen molar-refractivity contribution in [3.05, 3.63) is 179 Å². The van der Waals surface area contributed by atoms with E-state index in [-0.39, 0.29) is 16.2 Å². The van der Waals surface area contributed by atoms with Crippen molar-refractivity contribution in [3.63, 3.8) is 0 Å². The number of nitrogens with zero attached hydrogens (tertiary/aromatic N) is 2. The third-order valence-corrected chi connectivity index (χ3v) is 11.3. The maximum atomic E-state index is 10.3. The van der Waals surface area contributed by atoms with E-state index >= 15 is 0 Å². The number of ether oxygens (including phenoxy) is 4. The number of rotatable bonds is 10. The molecule has 6 aromatic rings. The Morgan fingerprint density at radius 2 is 0.807 bits per heavy atom. The fourth-order valence-electron chi connectivity index (χ4n) is 8.87. The van der Waals surface area contributed by atoms with E-state index in [9.17, 15) is 10.5 Å². The van der Waals surface area contributed by atoms with Crippen LogP contribution < -0.4 is 18.9 Å². The van der Waals surface area contributed by atoms with Gasteiger partial charge in [0, 0.05) is 5.41 Å². The molecule has 0 saturated carbocycles. The van der Waals surface area contributed by atoms with Gasteiger partial charge in [0.15, 0.2) is 0 Å². The quantitative estimate of drug-likeness (QED) is 0.139. The molecule has 6 nitrogen and oxygen atoms in total. The summed E-state index contributed by atoms with van der Waals surface area (Å²) in [5, 5.41) is 20.6. The topological polar surface area (TPSA) is 84.5 Å². The molecule has 280 valence electrons. The highest BCUT2D eigenvalue weighted by Crippen LogP contribution is 2.63. The van der Waals surface area contributed by atoms with Crippen molar-refractivity contribution < 1.29 is 18.9 Å². The molecule has 0 fully saturated rings. The molecule has 0 saturated heterocycles. The Kier molecular flexibility index (Phi) is 9.23. The van der Waals surface area contributed by atoms with Gasteiger partial charge in [-0.15, -0.1) is 0 Å². The van der Waals surface area contributed by atoms with Gasteiger partial charge in [-0.2, -0.15) is 10.5 Å². The fraction of sp³-hybridized carbons (Fsp3) is 0.176. The summed E-state index contributed by atoms with van der Waals surface area (Å²) in [6.45, 7) is 16.8. The Morgan fingerprint density at radius 3 is 1.14 bits per heavy atom. The zero-order valence-electron chi connectivity index (χ0n) is 32.6. The van der Waals surface area contributed by atoms with E-state index in [1.807, 2.05) is 72.8 Å². The summed E-state index contributed by atoms with van der Waals surface area (Å²) in [5.74, 6) is 4.17. The first kappa shape index (κ1) is 36.9. The summed E-state index contributed by atoms with van der Waals surface area (Å²) in [5.41, 5.74) is 6.94. The minimum absolute atomic E-state index is 0.126. The van der Waals surface area contributed by atoms with Crippen LogP contribution >= 0.6 is 0 Å². The predicted molar refractivity (Wildman–Crippen MR) is 225 cm³/mol. The zero-order chi connectivity index (χ0) is 40.0. The Hall–Kier alpha value is -7.02. The van der Waals surface area contributed by atoms with Crippen LogP contribution in [0, 0.1) is 22.7 Å². The van der Waals surface area contributed by atoms with Crippen molar-refractivity contribution in [2.75, 3.05) is 0 Å². The van der Waals surface area contributed by atoms with Crippen molar-refractivity contribution in [2.45, 2.75) is 56.8 Å². The molecular weight excluding hydrogens is 705 g/mol. The van der Waals surface area contributed by atoms with Crippen LogP contribution in [-0.4, -0.2) is 0 Å². The SMILES string of the molecule is C=Cc1ccc(Oc2cccc(Oc3ccc4c(c3)C3(CC4(C)C)CC(C)(C)c4ccc(Oc5cccc(Oc6ccc(C=C)cc6)c5C#N)cc43)c2C#N)cc1. The van der Waals surface area contributed by atoms with E-state index < -0.39 is 0 Å². The smallest absolute Gasteiger partial charge is 0.149 e. The minimum atomic E-state index is -0.336. The van der Waals surface area contributed by atoms with Gasteiger partial charge in [-0.3, -0.25) is 0 Å². The summed E-state index contributed by atoms with van der Waals surface area (Å²) < 4.78 is 25.4. The van der Waals surface area contributed by atoms with Crippen LogP contribution in [0.3, 0.4) is 0 Å². The summed E-state index contributed by atoms with van der Waals surface area (Å²) in [7, 11) is 0. The summed E-state index contributed by atoms with van der Waals surface area (Å²) >= 11 is 0. The number of hydrogen-bond acceptors (Lipinski definition) is 6. The minimum Gasteiger partial charge on any atom is -0.456 e. The van der Waals surface area contributed by atoms with Crippen LogP contribution in [0.15, 0.2) is 134 Å². The van der Waals surface area contributed by atoms with Gasteiger partial charge < -0.3 is 18.9 Å². The van der Waals surface area contributed by atoms with E-state index in [2.05, 4.69) is 77.3 Å². The van der Waals surface area contributed by atoms with Gasteiger partial charge in [-0.25, -0.2) is 0 Å². The standard InChI is InChI=1S/C51H42N2O4/c1-7-33-15-19-35(20-16-33)54-45-11-9-13-47(39(45)29-52)56-37-23-25-41-43(27-37)51(31-49(41,3)4)32-50(5,6)42-26-24-38(28-44(42)51)57-48-14-10-12-46(40(48)30-53)55-36-21-17-34(8-2)18-22-36/h7-28H,1-2,31-32H2,3-6H3. The van der Waals surface area contributed by atoms with Gasteiger partial charge in [-0.1, -0.05) is 102 Å². The molecule has 6 aromatic carbocycles. The second-order valence-electron chi connectivity index (χ2n) is 16.1. The summed E-state index contributed by atoms with van der Waals surface area (Å²) in [6, 6.07) is 43.1. The predicted octanol–water partition coefficient (Wildman–Crippen LogP) is 13.5. The first-order valence-corrected chi connectivity index (χ1v) is 19.0. The van der Waals surface area contributed by atoms with Crippen LogP contribution in [0.1, 0.15) is 85.0 Å². The maximum Gasteiger partial charge on any atom is 0.149 e. The van der Waals surface area contributed by atoms with Crippen molar-refractivity contribution >= 4 is 12.2 Å². The van der Waals surface area contributed by atoms with Crippen molar-refractivity contribution in [1.29, 1.82) is 10.5 Å². The Balaban J connectivity index is 1.14. The van der Waals surface area contributed by atoms with E-state index in [0.29, 0.717) is 57.1 Å².